The van der Waals surface area contributed by atoms with Crippen LogP contribution in [0, 0.1) is 11.7 Å². The number of halogens is 2. The van der Waals surface area contributed by atoms with Crippen molar-refractivity contribution in [2.24, 2.45) is 5.92 Å². The van der Waals surface area contributed by atoms with Crippen molar-refractivity contribution < 1.29 is 19.1 Å². The topological polar surface area (TPSA) is 78.4 Å². The number of carboxylic acids is 1. The van der Waals surface area contributed by atoms with Crippen LogP contribution in [0.15, 0.2) is 22.7 Å². The summed E-state index contributed by atoms with van der Waals surface area (Å²) >= 11 is 3.00. The van der Waals surface area contributed by atoms with Crippen LogP contribution in [0.25, 0.3) is 0 Å². The lowest BCUT2D eigenvalue weighted by atomic mass is 9.99. The maximum atomic E-state index is 13.1. The second-order valence-corrected chi connectivity index (χ2v) is 5.28. The maximum absolute atomic E-state index is 13.1. The summed E-state index contributed by atoms with van der Waals surface area (Å²) in [6.45, 7) is 3.59. The number of benzene rings is 1. The third kappa shape index (κ3) is 4.48. The molecule has 3 N–H and O–H groups in total. The zero-order valence-electron chi connectivity index (χ0n) is 11.1. The fourth-order valence-electron chi connectivity index (χ4n) is 1.57. The molecule has 1 aromatic carbocycles. The Morgan fingerprint density at radius 3 is 2.60 bits per heavy atom. The molecule has 0 saturated heterocycles. The highest BCUT2D eigenvalue weighted by molar-refractivity contribution is 9.10. The Labute approximate surface area is 124 Å². The third-order valence-corrected chi connectivity index (χ3v) is 3.55. The molecule has 0 aliphatic carbocycles. The normalized spacial score (nSPS) is 13.4. The number of aliphatic carboxylic acids is 1. The van der Waals surface area contributed by atoms with Gasteiger partial charge in [0.1, 0.15) is 11.9 Å². The van der Waals surface area contributed by atoms with E-state index in [9.17, 15) is 14.0 Å². The number of carbonyl (C=O) groups excluding carboxylic acids is 1. The quantitative estimate of drug-likeness (QED) is 0.765. The second kappa shape index (κ2) is 7.23. The van der Waals surface area contributed by atoms with E-state index in [1.807, 2.05) is 6.92 Å². The van der Waals surface area contributed by atoms with E-state index in [4.69, 9.17) is 5.11 Å². The van der Waals surface area contributed by atoms with Gasteiger partial charge in [-0.2, -0.15) is 0 Å². The summed E-state index contributed by atoms with van der Waals surface area (Å²) in [5.41, 5.74) is 0.365. The summed E-state index contributed by atoms with van der Waals surface area (Å²) in [5, 5.41) is 13.9. The minimum atomic E-state index is -1.09. The van der Waals surface area contributed by atoms with E-state index < -0.39 is 23.9 Å². The van der Waals surface area contributed by atoms with E-state index >= 15 is 0 Å². The predicted molar refractivity (Wildman–Crippen MR) is 77.1 cm³/mol. The van der Waals surface area contributed by atoms with Gasteiger partial charge in [0, 0.05) is 5.69 Å². The lowest BCUT2D eigenvalue weighted by Gasteiger charge is -2.20. The van der Waals surface area contributed by atoms with Crippen LogP contribution < -0.4 is 10.6 Å². The Morgan fingerprint density at radius 1 is 1.45 bits per heavy atom. The van der Waals surface area contributed by atoms with Gasteiger partial charge in [0.15, 0.2) is 0 Å². The number of nitrogens with one attached hydrogen (secondary N) is 2. The first-order chi connectivity index (χ1) is 9.35. The predicted octanol–water partition coefficient (Wildman–Crippen LogP) is 3.21. The average Bonchev–Trinajstić information content (AvgIpc) is 2.39. The van der Waals surface area contributed by atoms with Gasteiger partial charge in [0.05, 0.1) is 4.47 Å². The van der Waals surface area contributed by atoms with E-state index in [1.54, 1.807) is 6.92 Å². The summed E-state index contributed by atoms with van der Waals surface area (Å²) in [5.74, 6) is -1.73. The van der Waals surface area contributed by atoms with Crippen LogP contribution in [-0.2, 0) is 4.79 Å². The van der Waals surface area contributed by atoms with Crippen LogP contribution in [0.3, 0.4) is 0 Å². The van der Waals surface area contributed by atoms with E-state index in [0.29, 0.717) is 12.1 Å². The van der Waals surface area contributed by atoms with Crippen molar-refractivity contribution in [3.05, 3.63) is 28.5 Å². The van der Waals surface area contributed by atoms with E-state index in [0.717, 1.165) is 0 Å². The number of amides is 2. The molecular formula is C13H16BrFN2O3. The fraction of sp³-hybridized carbons (Fsp3) is 0.385. The molecule has 20 heavy (non-hydrogen) atoms. The summed E-state index contributed by atoms with van der Waals surface area (Å²) in [6.07, 6.45) is 0.624. The van der Waals surface area contributed by atoms with E-state index in [2.05, 4.69) is 26.6 Å². The zero-order valence-corrected chi connectivity index (χ0v) is 12.7. The Bertz CT molecular complexity index is 510. The van der Waals surface area contributed by atoms with Crippen molar-refractivity contribution in [3.63, 3.8) is 0 Å². The number of urea groups is 1. The first-order valence-corrected chi connectivity index (χ1v) is 6.89. The Balaban J connectivity index is 2.70. The van der Waals surface area contributed by atoms with Crippen LogP contribution >= 0.6 is 15.9 Å². The molecule has 110 valence electrons. The molecule has 2 unspecified atom stereocenters. The molecule has 0 aliphatic heterocycles. The van der Waals surface area contributed by atoms with E-state index in [-0.39, 0.29) is 10.4 Å². The molecule has 0 aliphatic rings. The molecule has 0 aromatic heterocycles. The van der Waals surface area contributed by atoms with Gasteiger partial charge in [-0.05, 0) is 40.0 Å². The standard InChI is InChI=1S/C13H16BrFN2O3/c1-3-7(2)11(12(18)19)17-13(20)16-8-4-5-10(15)9(14)6-8/h4-7,11H,3H2,1-2H3,(H,18,19)(H2,16,17,20). The fourth-order valence-corrected chi connectivity index (χ4v) is 1.94. The number of anilines is 1. The monoisotopic (exact) mass is 346 g/mol. The van der Waals surface area contributed by atoms with Crippen LogP contribution in [0.5, 0.6) is 0 Å². The maximum Gasteiger partial charge on any atom is 0.326 e. The summed E-state index contributed by atoms with van der Waals surface area (Å²) in [6, 6.07) is 2.37. The van der Waals surface area contributed by atoms with Crippen molar-refractivity contribution in [3.8, 4) is 0 Å². The van der Waals surface area contributed by atoms with Gasteiger partial charge in [-0.15, -0.1) is 0 Å². The highest BCUT2D eigenvalue weighted by Crippen LogP contribution is 2.20. The highest BCUT2D eigenvalue weighted by Gasteiger charge is 2.25. The first kappa shape index (κ1) is 16.4. The van der Waals surface area contributed by atoms with Crippen LogP contribution in [-0.4, -0.2) is 23.1 Å². The lowest BCUT2D eigenvalue weighted by Crippen LogP contribution is -2.46. The van der Waals surface area contributed by atoms with Crippen LogP contribution in [0.2, 0.25) is 0 Å². The highest BCUT2D eigenvalue weighted by atomic mass is 79.9. The Hall–Kier alpha value is -1.63. The number of hydrogen-bond acceptors (Lipinski definition) is 2. The summed E-state index contributed by atoms with van der Waals surface area (Å²) < 4.78 is 13.3. The molecule has 0 fully saturated rings. The van der Waals surface area contributed by atoms with Crippen LogP contribution in [0.1, 0.15) is 20.3 Å². The smallest absolute Gasteiger partial charge is 0.326 e. The van der Waals surface area contributed by atoms with Crippen LogP contribution in [0.4, 0.5) is 14.9 Å². The van der Waals surface area contributed by atoms with Gasteiger partial charge in [-0.3, -0.25) is 0 Å². The molecule has 0 heterocycles. The molecule has 0 bridgehead atoms. The van der Waals surface area contributed by atoms with Crippen molar-refractivity contribution in [1.82, 2.24) is 5.32 Å². The molecule has 1 aromatic rings. The van der Waals surface area contributed by atoms with E-state index in [1.165, 1.54) is 18.2 Å². The molecule has 1 rings (SSSR count). The molecule has 2 amide bonds. The SMILES string of the molecule is CCC(C)C(NC(=O)Nc1ccc(F)c(Br)c1)C(=O)O. The summed E-state index contributed by atoms with van der Waals surface area (Å²) in [4.78, 5) is 22.8. The molecule has 0 saturated carbocycles. The minimum Gasteiger partial charge on any atom is -0.480 e. The second-order valence-electron chi connectivity index (χ2n) is 4.43. The average molecular weight is 347 g/mol. The van der Waals surface area contributed by atoms with Crippen molar-refractivity contribution >= 4 is 33.6 Å². The Kier molecular flexibility index (Phi) is 5.94. The van der Waals surface area contributed by atoms with Gasteiger partial charge in [-0.25, -0.2) is 14.0 Å². The largest absolute Gasteiger partial charge is 0.480 e. The molecule has 0 spiro atoms. The molecule has 0 radical (unpaired) electrons. The summed E-state index contributed by atoms with van der Waals surface area (Å²) in [7, 11) is 0. The molecule has 2 atom stereocenters. The van der Waals surface area contributed by atoms with Crippen molar-refractivity contribution in [2.75, 3.05) is 5.32 Å². The number of carboxylic acid groups (broad SMARTS) is 1. The molecule has 5 nitrogen and oxygen atoms in total. The molecule has 7 heteroatoms. The zero-order chi connectivity index (χ0) is 15.3. The van der Waals surface area contributed by atoms with Gasteiger partial charge < -0.3 is 15.7 Å². The first-order valence-electron chi connectivity index (χ1n) is 6.10. The Morgan fingerprint density at radius 2 is 2.10 bits per heavy atom. The van der Waals surface area contributed by atoms with Crippen molar-refractivity contribution in [2.45, 2.75) is 26.3 Å². The number of carbonyl (C=O) groups is 2. The van der Waals surface area contributed by atoms with Gasteiger partial charge >= 0.3 is 12.0 Å². The van der Waals surface area contributed by atoms with Crippen molar-refractivity contribution in [1.29, 1.82) is 0 Å². The van der Waals surface area contributed by atoms with Gasteiger partial charge in [0.2, 0.25) is 0 Å². The van der Waals surface area contributed by atoms with Gasteiger partial charge in [-0.1, -0.05) is 20.3 Å². The lowest BCUT2D eigenvalue weighted by molar-refractivity contribution is -0.140. The van der Waals surface area contributed by atoms with Gasteiger partial charge in [0.25, 0.3) is 0 Å². The molecular weight excluding hydrogens is 331 g/mol. The third-order valence-electron chi connectivity index (χ3n) is 2.94. The number of rotatable bonds is 5. The number of hydrogen-bond donors (Lipinski definition) is 3. The minimum absolute atomic E-state index is 0.196.